The zero-order valence-electron chi connectivity index (χ0n) is 10.9. The lowest BCUT2D eigenvalue weighted by Gasteiger charge is -2.11. The van der Waals surface area contributed by atoms with Gasteiger partial charge in [0.1, 0.15) is 18.2 Å². The van der Waals surface area contributed by atoms with Crippen LogP contribution in [0.2, 0.25) is 10.0 Å². The van der Waals surface area contributed by atoms with E-state index in [1.165, 1.54) is 0 Å². The Kier molecular flexibility index (Phi) is 4.53. The van der Waals surface area contributed by atoms with E-state index in [0.29, 0.717) is 28.0 Å². The Morgan fingerprint density at radius 3 is 2.55 bits per heavy atom. The van der Waals surface area contributed by atoms with Gasteiger partial charge in [-0.25, -0.2) is 0 Å². The van der Waals surface area contributed by atoms with E-state index in [1.54, 1.807) is 24.3 Å². The molecule has 0 fully saturated rings. The molecule has 0 aliphatic carbocycles. The van der Waals surface area contributed by atoms with Crippen LogP contribution >= 0.6 is 23.2 Å². The zero-order valence-corrected chi connectivity index (χ0v) is 12.4. The number of hydrogen-bond acceptors (Lipinski definition) is 2. The minimum Gasteiger partial charge on any atom is -0.487 e. The van der Waals surface area contributed by atoms with Crippen molar-refractivity contribution in [3.63, 3.8) is 0 Å². The number of amidine groups is 1. The van der Waals surface area contributed by atoms with Crippen molar-refractivity contribution < 1.29 is 4.74 Å². The minimum atomic E-state index is 0.0568. The van der Waals surface area contributed by atoms with Crippen molar-refractivity contribution in [2.24, 2.45) is 5.73 Å². The molecule has 0 aliphatic heterocycles. The molecule has 2 aromatic carbocycles. The highest BCUT2D eigenvalue weighted by atomic mass is 35.5. The second-order valence-electron chi connectivity index (χ2n) is 4.42. The Morgan fingerprint density at radius 2 is 1.95 bits per heavy atom. The number of rotatable bonds is 4. The van der Waals surface area contributed by atoms with Crippen molar-refractivity contribution in [2.75, 3.05) is 0 Å². The van der Waals surface area contributed by atoms with E-state index in [9.17, 15) is 0 Å². The monoisotopic (exact) mass is 308 g/mol. The maximum absolute atomic E-state index is 7.40. The van der Waals surface area contributed by atoms with Crippen LogP contribution in [-0.4, -0.2) is 5.84 Å². The molecule has 0 atom stereocenters. The van der Waals surface area contributed by atoms with Gasteiger partial charge in [0.2, 0.25) is 0 Å². The molecule has 5 heteroatoms. The molecule has 0 saturated heterocycles. The van der Waals surface area contributed by atoms with Crippen molar-refractivity contribution in [2.45, 2.75) is 13.5 Å². The summed E-state index contributed by atoms with van der Waals surface area (Å²) in [7, 11) is 0. The Bertz CT molecular complexity index is 656. The molecular weight excluding hydrogens is 295 g/mol. The van der Waals surface area contributed by atoms with Crippen LogP contribution in [0.1, 0.15) is 16.7 Å². The van der Waals surface area contributed by atoms with Gasteiger partial charge in [-0.2, -0.15) is 0 Å². The molecule has 3 N–H and O–H groups in total. The third-order valence-corrected chi connectivity index (χ3v) is 3.46. The van der Waals surface area contributed by atoms with Gasteiger partial charge in [-0.1, -0.05) is 35.3 Å². The van der Waals surface area contributed by atoms with Gasteiger partial charge in [-0.3, -0.25) is 5.41 Å². The Labute approximate surface area is 127 Å². The number of nitrogens with one attached hydrogen (secondary N) is 1. The van der Waals surface area contributed by atoms with Gasteiger partial charge >= 0.3 is 0 Å². The van der Waals surface area contributed by atoms with Crippen LogP contribution in [0.4, 0.5) is 0 Å². The molecule has 104 valence electrons. The predicted octanol–water partition coefficient (Wildman–Crippen LogP) is 4.16. The molecule has 0 heterocycles. The third kappa shape index (κ3) is 3.44. The van der Waals surface area contributed by atoms with E-state index < -0.39 is 0 Å². The summed E-state index contributed by atoms with van der Waals surface area (Å²) in [4.78, 5) is 0. The second-order valence-corrected chi connectivity index (χ2v) is 5.26. The molecule has 0 aromatic heterocycles. The average molecular weight is 309 g/mol. The summed E-state index contributed by atoms with van der Waals surface area (Å²) in [6, 6.07) is 10.7. The quantitative estimate of drug-likeness (QED) is 0.658. The van der Waals surface area contributed by atoms with E-state index in [-0.39, 0.29) is 5.84 Å². The number of benzene rings is 2. The maximum atomic E-state index is 7.40. The van der Waals surface area contributed by atoms with E-state index in [2.05, 4.69) is 0 Å². The van der Waals surface area contributed by atoms with Crippen molar-refractivity contribution in [1.29, 1.82) is 5.41 Å². The van der Waals surface area contributed by atoms with E-state index in [4.69, 9.17) is 39.1 Å². The van der Waals surface area contributed by atoms with Gasteiger partial charge < -0.3 is 10.5 Å². The van der Waals surface area contributed by atoms with Crippen LogP contribution in [0.3, 0.4) is 0 Å². The molecule has 0 bridgehead atoms. The lowest BCUT2D eigenvalue weighted by atomic mass is 10.1. The second kappa shape index (κ2) is 6.16. The van der Waals surface area contributed by atoms with Crippen LogP contribution < -0.4 is 10.5 Å². The summed E-state index contributed by atoms with van der Waals surface area (Å²) in [6.45, 7) is 2.35. The highest BCUT2D eigenvalue weighted by Gasteiger charge is 2.06. The first-order valence-electron chi connectivity index (χ1n) is 5.99. The first-order valence-corrected chi connectivity index (χ1v) is 6.74. The largest absolute Gasteiger partial charge is 0.487 e. The molecule has 0 saturated carbocycles. The highest BCUT2D eigenvalue weighted by molar-refractivity contribution is 6.35. The van der Waals surface area contributed by atoms with Gasteiger partial charge in [0, 0.05) is 10.6 Å². The van der Waals surface area contributed by atoms with Crippen LogP contribution in [0, 0.1) is 12.3 Å². The molecule has 2 rings (SSSR count). The topological polar surface area (TPSA) is 59.1 Å². The minimum absolute atomic E-state index is 0.0568. The molecule has 2 aromatic rings. The zero-order chi connectivity index (χ0) is 14.7. The standard InChI is InChI=1S/C15H14Cl2N2O/c1-9-6-10(15(18)19)2-3-11(9)8-20-14-5-4-12(16)7-13(14)17/h2-7H,8H2,1H3,(H3,18,19). The van der Waals surface area contributed by atoms with Crippen molar-refractivity contribution in [1.82, 2.24) is 0 Å². The first kappa shape index (κ1) is 14.7. The summed E-state index contributed by atoms with van der Waals surface area (Å²) >= 11 is 11.9. The Hall–Kier alpha value is -1.71. The van der Waals surface area contributed by atoms with Gasteiger partial charge in [-0.05, 0) is 42.3 Å². The van der Waals surface area contributed by atoms with Crippen LogP contribution in [-0.2, 0) is 6.61 Å². The predicted molar refractivity (Wildman–Crippen MR) is 83.0 cm³/mol. The number of hydrogen-bond donors (Lipinski definition) is 2. The summed E-state index contributed by atoms with van der Waals surface area (Å²) in [5.41, 5.74) is 8.19. The Balaban J connectivity index is 2.13. The maximum Gasteiger partial charge on any atom is 0.138 e. The van der Waals surface area contributed by atoms with Crippen molar-refractivity contribution in [3.8, 4) is 5.75 Å². The average Bonchev–Trinajstić information content (AvgIpc) is 2.38. The van der Waals surface area contributed by atoms with Gasteiger partial charge in [0.05, 0.1) is 5.02 Å². The van der Waals surface area contributed by atoms with E-state index in [0.717, 1.165) is 11.1 Å². The fraction of sp³-hybridized carbons (Fsp3) is 0.133. The molecule has 0 spiro atoms. The smallest absolute Gasteiger partial charge is 0.138 e. The SMILES string of the molecule is Cc1cc(C(=N)N)ccc1COc1ccc(Cl)cc1Cl. The number of aryl methyl sites for hydroxylation is 1. The molecule has 0 aliphatic rings. The van der Waals surface area contributed by atoms with Crippen molar-refractivity contribution in [3.05, 3.63) is 63.1 Å². The Morgan fingerprint density at radius 1 is 1.20 bits per heavy atom. The van der Waals surface area contributed by atoms with Gasteiger partial charge in [-0.15, -0.1) is 0 Å². The first-order chi connectivity index (χ1) is 9.47. The lowest BCUT2D eigenvalue weighted by molar-refractivity contribution is 0.305. The molecule has 0 radical (unpaired) electrons. The van der Waals surface area contributed by atoms with Crippen molar-refractivity contribution >= 4 is 29.0 Å². The van der Waals surface area contributed by atoms with Gasteiger partial charge in [0.15, 0.2) is 0 Å². The van der Waals surface area contributed by atoms with Gasteiger partial charge in [0.25, 0.3) is 0 Å². The van der Waals surface area contributed by atoms with Crippen LogP contribution in [0.25, 0.3) is 0 Å². The van der Waals surface area contributed by atoms with Crippen LogP contribution in [0.15, 0.2) is 36.4 Å². The fourth-order valence-electron chi connectivity index (χ4n) is 1.77. The molecule has 0 amide bonds. The van der Waals surface area contributed by atoms with E-state index in [1.807, 2.05) is 19.1 Å². The molecular formula is C15H14Cl2N2O. The summed E-state index contributed by atoms with van der Waals surface area (Å²) in [5, 5.41) is 8.46. The third-order valence-electron chi connectivity index (χ3n) is 2.93. The number of nitrogen functional groups attached to an aromatic ring is 1. The summed E-state index contributed by atoms with van der Waals surface area (Å²) in [6.07, 6.45) is 0. The molecule has 0 unspecified atom stereocenters. The summed E-state index contributed by atoms with van der Waals surface area (Å²) < 4.78 is 5.68. The molecule has 20 heavy (non-hydrogen) atoms. The normalized spacial score (nSPS) is 10.3. The number of ether oxygens (including phenoxy) is 1. The number of nitrogens with two attached hydrogens (primary N) is 1. The van der Waals surface area contributed by atoms with Crippen LogP contribution in [0.5, 0.6) is 5.75 Å². The lowest BCUT2D eigenvalue weighted by Crippen LogP contribution is -2.11. The number of halogens is 2. The summed E-state index contributed by atoms with van der Waals surface area (Å²) in [5.74, 6) is 0.646. The highest BCUT2D eigenvalue weighted by Crippen LogP contribution is 2.28. The van der Waals surface area contributed by atoms with E-state index >= 15 is 0 Å². The fourth-order valence-corrected chi connectivity index (χ4v) is 2.24. The molecule has 3 nitrogen and oxygen atoms in total.